The quantitative estimate of drug-likeness (QED) is 0.834. The molecule has 0 amide bonds. The number of hydrogen-bond donors (Lipinski definition) is 2. The van der Waals surface area contributed by atoms with Crippen LogP contribution in [0.3, 0.4) is 0 Å². The standard InChI is InChI=1S/C13H18N2O2S/c16-18(17,13-5-6-14-9-13)15-12-7-10-3-1-2-4-11(10)8-12/h1-4,12-15H,5-9H2. The van der Waals surface area contributed by atoms with E-state index in [2.05, 4.69) is 22.2 Å². The molecule has 1 unspecified atom stereocenters. The molecule has 18 heavy (non-hydrogen) atoms. The van der Waals surface area contributed by atoms with E-state index >= 15 is 0 Å². The predicted octanol–water partition coefficient (Wildman–Crippen LogP) is 0.435. The molecule has 0 radical (unpaired) electrons. The van der Waals surface area contributed by atoms with Crippen molar-refractivity contribution in [2.45, 2.75) is 30.6 Å². The number of sulfonamides is 1. The van der Waals surface area contributed by atoms with Crippen LogP contribution in [0.4, 0.5) is 0 Å². The van der Waals surface area contributed by atoms with Crippen molar-refractivity contribution in [2.24, 2.45) is 0 Å². The van der Waals surface area contributed by atoms with Crippen LogP contribution in [0.25, 0.3) is 0 Å². The van der Waals surface area contributed by atoms with Gasteiger partial charge in [0.25, 0.3) is 0 Å². The monoisotopic (exact) mass is 266 g/mol. The highest BCUT2D eigenvalue weighted by atomic mass is 32.2. The fraction of sp³-hybridized carbons (Fsp3) is 0.538. The van der Waals surface area contributed by atoms with Crippen LogP contribution >= 0.6 is 0 Å². The van der Waals surface area contributed by atoms with Gasteiger partial charge in [-0.15, -0.1) is 0 Å². The van der Waals surface area contributed by atoms with E-state index in [1.165, 1.54) is 11.1 Å². The summed E-state index contributed by atoms with van der Waals surface area (Å²) in [6.45, 7) is 1.38. The first-order chi connectivity index (χ1) is 8.65. The minimum Gasteiger partial charge on any atom is -0.315 e. The molecule has 98 valence electrons. The largest absolute Gasteiger partial charge is 0.315 e. The van der Waals surface area contributed by atoms with E-state index in [4.69, 9.17) is 0 Å². The first-order valence-electron chi connectivity index (χ1n) is 6.44. The number of nitrogens with one attached hydrogen (secondary N) is 2. The van der Waals surface area contributed by atoms with Gasteiger partial charge in [0.2, 0.25) is 10.0 Å². The van der Waals surface area contributed by atoms with E-state index in [1.807, 2.05) is 12.1 Å². The Morgan fingerprint density at radius 2 is 1.83 bits per heavy atom. The highest BCUT2D eigenvalue weighted by Crippen LogP contribution is 2.23. The fourth-order valence-corrected chi connectivity index (χ4v) is 4.45. The van der Waals surface area contributed by atoms with Crippen molar-refractivity contribution < 1.29 is 8.42 Å². The lowest BCUT2D eigenvalue weighted by molar-refractivity contribution is 0.543. The van der Waals surface area contributed by atoms with Crippen LogP contribution in [0, 0.1) is 0 Å². The normalized spacial score (nSPS) is 24.3. The fourth-order valence-electron chi connectivity index (χ4n) is 2.86. The van der Waals surface area contributed by atoms with Gasteiger partial charge in [0.1, 0.15) is 0 Å². The van der Waals surface area contributed by atoms with Crippen molar-refractivity contribution in [3.05, 3.63) is 35.4 Å². The molecule has 0 saturated carbocycles. The number of benzene rings is 1. The minimum atomic E-state index is -3.17. The number of rotatable bonds is 3. The summed E-state index contributed by atoms with van der Waals surface area (Å²) < 4.78 is 27.3. The van der Waals surface area contributed by atoms with Gasteiger partial charge in [0, 0.05) is 12.6 Å². The summed E-state index contributed by atoms with van der Waals surface area (Å²) in [4.78, 5) is 0. The highest BCUT2D eigenvalue weighted by molar-refractivity contribution is 7.90. The Morgan fingerprint density at radius 3 is 2.39 bits per heavy atom. The Kier molecular flexibility index (Phi) is 3.13. The molecule has 3 rings (SSSR count). The summed E-state index contributed by atoms with van der Waals surface area (Å²) in [6, 6.07) is 8.22. The van der Waals surface area contributed by atoms with Gasteiger partial charge in [-0.05, 0) is 36.9 Å². The zero-order chi connectivity index (χ0) is 12.6. The summed E-state index contributed by atoms with van der Waals surface area (Å²) in [5.41, 5.74) is 2.55. The maximum absolute atomic E-state index is 12.2. The first kappa shape index (κ1) is 12.1. The first-order valence-corrected chi connectivity index (χ1v) is 7.98. The lowest BCUT2D eigenvalue weighted by atomic mass is 10.1. The molecule has 1 aromatic carbocycles. The van der Waals surface area contributed by atoms with Crippen LogP contribution < -0.4 is 10.0 Å². The summed E-state index contributed by atoms with van der Waals surface area (Å²) in [7, 11) is -3.17. The Bertz CT molecular complexity index is 511. The zero-order valence-electron chi connectivity index (χ0n) is 10.2. The van der Waals surface area contributed by atoms with Gasteiger partial charge in [-0.2, -0.15) is 0 Å². The van der Waals surface area contributed by atoms with Crippen molar-refractivity contribution in [2.75, 3.05) is 13.1 Å². The molecule has 0 bridgehead atoms. The van der Waals surface area contributed by atoms with Gasteiger partial charge in [-0.1, -0.05) is 24.3 Å². The summed E-state index contributed by atoms with van der Waals surface area (Å²) >= 11 is 0. The van der Waals surface area contributed by atoms with E-state index in [0.717, 1.165) is 25.8 Å². The molecule has 1 fully saturated rings. The van der Waals surface area contributed by atoms with Crippen LogP contribution in [0.15, 0.2) is 24.3 Å². The van der Waals surface area contributed by atoms with Crippen LogP contribution in [0.5, 0.6) is 0 Å². The average Bonchev–Trinajstić information content (AvgIpc) is 2.96. The molecule has 4 nitrogen and oxygen atoms in total. The zero-order valence-corrected chi connectivity index (χ0v) is 11.0. The van der Waals surface area contributed by atoms with Gasteiger partial charge < -0.3 is 5.32 Å². The summed E-state index contributed by atoms with van der Waals surface area (Å²) in [6.07, 6.45) is 2.35. The lowest BCUT2D eigenvalue weighted by Crippen LogP contribution is -2.42. The van der Waals surface area contributed by atoms with Crippen molar-refractivity contribution in [1.29, 1.82) is 0 Å². The molecular formula is C13H18N2O2S. The second-order valence-corrected chi connectivity index (χ2v) is 7.14. The molecule has 5 heteroatoms. The number of hydrogen-bond acceptors (Lipinski definition) is 3. The molecule has 1 aliphatic carbocycles. The van der Waals surface area contributed by atoms with Gasteiger partial charge >= 0.3 is 0 Å². The van der Waals surface area contributed by atoms with E-state index in [-0.39, 0.29) is 11.3 Å². The second kappa shape index (κ2) is 4.64. The van der Waals surface area contributed by atoms with E-state index in [9.17, 15) is 8.42 Å². The molecule has 0 aromatic heterocycles. The van der Waals surface area contributed by atoms with E-state index in [1.54, 1.807) is 0 Å². The molecule has 1 atom stereocenters. The molecular weight excluding hydrogens is 248 g/mol. The SMILES string of the molecule is O=S(=O)(NC1Cc2ccccc2C1)C1CCNC1. The molecule has 2 aliphatic rings. The molecule has 1 aromatic rings. The average molecular weight is 266 g/mol. The van der Waals surface area contributed by atoms with Gasteiger partial charge in [-0.3, -0.25) is 0 Å². The van der Waals surface area contributed by atoms with Crippen molar-refractivity contribution in [3.63, 3.8) is 0 Å². The Hall–Kier alpha value is -0.910. The third kappa shape index (κ3) is 2.30. The van der Waals surface area contributed by atoms with Crippen molar-refractivity contribution >= 4 is 10.0 Å². The van der Waals surface area contributed by atoms with Gasteiger partial charge in [-0.25, -0.2) is 13.1 Å². The highest BCUT2D eigenvalue weighted by Gasteiger charge is 2.32. The molecule has 1 aliphatic heterocycles. The van der Waals surface area contributed by atoms with Crippen molar-refractivity contribution in [3.8, 4) is 0 Å². The van der Waals surface area contributed by atoms with Crippen LogP contribution in [-0.2, 0) is 22.9 Å². The lowest BCUT2D eigenvalue weighted by Gasteiger charge is -2.16. The van der Waals surface area contributed by atoms with Gasteiger partial charge in [0.05, 0.1) is 5.25 Å². The maximum atomic E-state index is 12.2. The number of fused-ring (bicyclic) bond motifs is 1. The molecule has 1 heterocycles. The topological polar surface area (TPSA) is 58.2 Å². The summed E-state index contributed by atoms with van der Waals surface area (Å²) in [5, 5.41) is 2.84. The van der Waals surface area contributed by atoms with Gasteiger partial charge in [0.15, 0.2) is 0 Å². The van der Waals surface area contributed by atoms with Crippen molar-refractivity contribution in [1.82, 2.24) is 10.0 Å². The predicted molar refractivity (Wildman–Crippen MR) is 71.0 cm³/mol. The Morgan fingerprint density at radius 1 is 1.17 bits per heavy atom. The third-order valence-corrected chi connectivity index (χ3v) is 5.78. The third-order valence-electron chi connectivity index (χ3n) is 3.84. The summed E-state index contributed by atoms with van der Waals surface area (Å²) in [5.74, 6) is 0. The second-order valence-electron chi connectivity index (χ2n) is 5.15. The van der Waals surface area contributed by atoms with Crippen LogP contribution in [0.2, 0.25) is 0 Å². The van der Waals surface area contributed by atoms with E-state index in [0.29, 0.717) is 6.54 Å². The molecule has 2 N–H and O–H groups in total. The minimum absolute atomic E-state index is 0.0352. The Balaban J connectivity index is 1.69. The van der Waals surface area contributed by atoms with Crippen LogP contribution in [-0.4, -0.2) is 32.8 Å². The molecule has 1 saturated heterocycles. The maximum Gasteiger partial charge on any atom is 0.216 e. The molecule has 0 spiro atoms. The smallest absolute Gasteiger partial charge is 0.216 e. The Labute approximate surface area is 108 Å². The van der Waals surface area contributed by atoms with Crippen LogP contribution in [0.1, 0.15) is 17.5 Å². The van der Waals surface area contributed by atoms with E-state index < -0.39 is 10.0 Å².